The summed E-state index contributed by atoms with van der Waals surface area (Å²) in [6.45, 7) is 2.08. The minimum atomic E-state index is 0.429. The van der Waals surface area contributed by atoms with E-state index in [0.29, 0.717) is 6.04 Å². The van der Waals surface area contributed by atoms with Gasteiger partial charge >= 0.3 is 0 Å². The van der Waals surface area contributed by atoms with Crippen LogP contribution >= 0.6 is 11.8 Å². The summed E-state index contributed by atoms with van der Waals surface area (Å²) in [4.78, 5) is 8.67. The molecule has 3 nitrogen and oxygen atoms in total. The zero-order chi connectivity index (χ0) is 9.10. The van der Waals surface area contributed by atoms with Crippen LogP contribution in [0, 0.1) is 0 Å². The third-order valence-electron chi connectivity index (χ3n) is 2.12. The number of nitrogens with one attached hydrogen (secondary N) is 1. The highest BCUT2D eigenvalue weighted by atomic mass is 32.2. The van der Waals surface area contributed by atoms with Crippen LogP contribution in [0.5, 0.6) is 0 Å². The summed E-state index contributed by atoms with van der Waals surface area (Å²) in [5.41, 5.74) is 1.14. The van der Waals surface area contributed by atoms with E-state index in [2.05, 4.69) is 22.2 Å². The van der Waals surface area contributed by atoms with Gasteiger partial charge < -0.3 is 0 Å². The summed E-state index contributed by atoms with van der Waals surface area (Å²) >= 11 is 1.92. The van der Waals surface area contributed by atoms with E-state index in [-0.39, 0.29) is 0 Å². The monoisotopic (exact) mass is 195 g/mol. The van der Waals surface area contributed by atoms with Gasteiger partial charge in [0.15, 0.2) is 0 Å². The fourth-order valence-electron chi connectivity index (χ4n) is 1.36. The van der Waals surface area contributed by atoms with Gasteiger partial charge in [0, 0.05) is 24.2 Å². The average Bonchev–Trinajstić information content (AvgIpc) is 2.71. The van der Waals surface area contributed by atoms with E-state index in [4.69, 9.17) is 0 Å². The molecule has 1 aromatic rings. The van der Waals surface area contributed by atoms with E-state index in [1.165, 1.54) is 0 Å². The Morgan fingerprint density at radius 1 is 1.69 bits per heavy atom. The fraction of sp³-hybridized carbons (Fsp3) is 0.556. The van der Waals surface area contributed by atoms with Crippen molar-refractivity contribution in [2.75, 3.05) is 11.6 Å². The Morgan fingerprint density at radius 3 is 3.31 bits per heavy atom. The van der Waals surface area contributed by atoms with Crippen molar-refractivity contribution in [1.82, 2.24) is 15.3 Å². The van der Waals surface area contributed by atoms with E-state index in [9.17, 15) is 0 Å². The summed E-state index contributed by atoms with van der Waals surface area (Å²) in [5, 5.41) is 3.40. The SMILES string of the molecule is CCc1nccc(C2CSCN2)n1. The number of hydrogen-bond donors (Lipinski definition) is 1. The summed E-state index contributed by atoms with van der Waals surface area (Å²) in [6.07, 6.45) is 2.76. The molecule has 0 aliphatic carbocycles. The first-order valence-corrected chi connectivity index (χ1v) is 5.68. The van der Waals surface area contributed by atoms with Gasteiger partial charge in [0.1, 0.15) is 5.82 Å². The number of nitrogens with zero attached hydrogens (tertiary/aromatic N) is 2. The molecular weight excluding hydrogens is 182 g/mol. The maximum Gasteiger partial charge on any atom is 0.128 e. The quantitative estimate of drug-likeness (QED) is 0.773. The van der Waals surface area contributed by atoms with E-state index < -0.39 is 0 Å². The number of aromatic nitrogens is 2. The Hall–Kier alpha value is -0.610. The van der Waals surface area contributed by atoms with Crippen molar-refractivity contribution in [3.63, 3.8) is 0 Å². The van der Waals surface area contributed by atoms with Crippen LogP contribution in [0.15, 0.2) is 12.3 Å². The summed E-state index contributed by atoms with van der Waals surface area (Å²) in [5.74, 6) is 3.10. The lowest BCUT2D eigenvalue weighted by atomic mass is 10.2. The Morgan fingerprint density at radius 2 is 2.62 bits per heavy atom. The number of aryl methyl sites for hydroxylation is 1. The molecule has 70 valence electrons. The fourth-order valence-corrected chi connectivity index (χ4v) is 2.33. The molecule has 1 aliphatic heterocycles. The van der Waals surface area contributed by atoms with Crippen LogP contribution in [0.3, 0.4) is 0 Å². The van der Waals surface area contributed by atoms with Crippen molar-refractivity contribution in [3.05, 3.63) is 23.8 Å². The Labute approximate surface area is 82.4 Å². The highest BCUT2D eigenvalue weighted by Gasteiger charge is 2.17. The molecule has 1 fully saturated rings. The normalized spacial score (nSPS) is 22.1. The van der Waals surface area contributed by atoms with Crippen LogP contribution < -0.4 is 5.32 Å². The molecule has 1 saturated heterocycles. The average molecular weight is 195 g/mol. The predicted molar refractivity (Wildman–Crippen MR) is 54.6 cm³/mol. The molecule has 0 aromatic carbocycles. The van der Waals surface area contributed by atoms with Gasteiger partial charge in [0.25, 0.3) is 0 Å². The number of hydrogen-bond acceptors (Lipinski definition) is 4. The highest BCUT2D eigenvalue weighted by Crippen LogP contribution is 2.22. The minimum absolute atomic E-state index is 0.429. The molecule has 0 radical (unpaired) electrons. The molecule has 0 spiro atoms. The van der Waals surface area contributed by atoms with E-state index in [1.807, 2.05) is 24.0 Å². The molecule has 0 saturated carbocycles. The van der Waals surface area contributed by atoms with Gasteiger partial charge in [-0.25, -0.2) is 9.97 Å². The van der Waals surface area contributed by atoms with Gasteiger partial charge in [-0.15, -0.1) is 11.8 Å². The van der Waals surface area contributed by atoms with Crippen molar-refractivity contribution >= 4 is 11.8 Å². The van der Waals surface area contributed by atoms with E-state index in [0.717, 1.165) is 29.6 Å². The number of thioether (sulfide) groups is 1. The summed E-state index contributed by atoms with van der Waals surface area (Å²) < 4.78 is 0. The topological polar surface area (TPSA) is 37.8 Å². The molecule has 1 unspecified atom stereocenters. The third-order valence-corrected chi connectivity index (χ3v) is 3.06. The van der Waals surface area contributed by atoms with Gasteiger partial charge in [0.05, 0.1) is 11.7 Å². The van der Waals surface area contributed by atoms with Crippen LogP contribution in [0.4, 0.5) is 0 Å². The maximum atomic E-state index is 4.49. The van der Waals surface area contributed by atoms with Crippen LogP contribution in [0.2, 0.25) is 0 Å². The van der Waals surface area contributed by atoms with Crippen LogP contribution in [0.1, 0.15) is 24.5 Å². The van der Waals surface area contributed by atoms with Gasteiger partial charge in [-0.2, -0.15) is 0 Å². The lowest BCUT2D eigenvalue weighted by Crippen LogP contribution is -2.16. The van der Waals surface area contributed by atoms with Crippen LogP contribution in [-0.2, 0) is 6.42 Å². The zero-order valence-electron chi connectivity index (χ0n) is 7.66. The minimum Gasteiger partial charge on any atom is -0.299 e. The molecule has 1 N–H and O–H groups in total. The largest absolute Gasteiger partial charge is 0.299 e. The highest BCUT2D eigenvalue weighted by molar-refractivity contribution is 7.99. The maximum absolute atomic E-state index is 4.49. The first kappa shape index (κ1) is 8.97. The number of rotatable bonds is 2. The predicted octanol–water partition coefficient (Wildman–Crippen LogP) is 1.37. The second-order valence-corrected chi connectivity index (χ2v) is 4.05. The lowest BCUT2D eigenvalue weighted by molar-refractivity contribution is 0.647. The smallest absolute Gasteiger partial charge is 0.128 e. The van der Waals surface area contributed by atoms with Gasteiger partial charge in [0.2, 0.25) is 0 Å². The van der Waals surface area contributed by atoms with E-state index >= 15 is 0 Å². The molecular formula is C9H13N3S. The second kappa shape index (κ2) is 4.07. The molecule has 13 heavy (non-hydrogen) atoms. The summed E-state index contributed by atoms with van der Waals surface area (Å²) in [7, 11) is 0. The van der Waals surface area contributed by atoms with Crippen molar-refractivity contribution in [2.24, 2.45) is 0 Å². The molecule has 1 aliphatic rings. The van der Waals surface area contributed by atoms with Crippen molar-refractivity contribution < 1.29 is 0 Å². The molecule has 2 rings (SSSR count). The first-order valence-electron chi connectivity index (χ1n) is 4.53. The van der Waals surface area contributed by atoms with Crippen molar-refractivity contribution in [3.8, 4) is 0 Å². The van der Waals surface area contributed by atoms with E-state index in [1.54, 1.807) is 0 Å². The van der Waals surface area contributed by atoms with Crippen LogP contribution in [-0.4, -0.2) is 21.6 Å². The zero-order valence-corrected chi connectivity index (χ0v) is 8.47. The molecule has 4 heteroatoms. The van der Waals surface area contributed by atoms with Gasteiger partial charge in [-0.3, -0.25) is 5.32 Å². The Bertz CT molecular complexity index is 284. The molecule has 1 atom stereocenters. The second-order valence-electron chi connectivity index (χ2n) is 3.02. The van der Waals surface area contributed by atoms with Crippen LogP contribution in [0.25, 0.3) is 0 Å². The van der Waals surface area contributed by atoms with Crippen molar-refractivity contribution in [1.29, 1.82) is 0 Å². The van der Waals surface area contributed by atoms with Gasteiger partial charge in [-0.1, -0.05) is 6.92 Å². The molecule has 2 heterocycles. The molecule has 0 amide bonds. The lowest BCUT2D eigenvalue weighted by Gasteiger charge is -2.08. The Kier molecular flexibility index (Phi) is 2.80. The third kappa shape index (κ3) is 2.00. The molecule has 0 bridgehead atoms. The van der Waals surface area contributed by atoms with Gasteiger partial charge in [-0.05, 0) is 6.07 Å². The van der Waals surface area contributed by atoms with Crippen molar-refractivity contribution in [2.45, 2.75) is 19.4 Å². The summed E-state index contributed by atoms with van der Waals surface area (Å²) in [6, 6.07) is 2.43. The standard InChI is InChI=1S/C9H13N3S/c1-2-9-10-4-3-7(12-9)8-5-13-6-11-8/h3-4,8,11H,2,5-6H2,1H3. The Balaban J connectivity index is 2.18. The molecule has 1 aromatic heterocycles. The first-order chi connectivity index (χ1) is 6.40.